The van der Waals surface area contributed by atoms with Crippen LogP contribution in [-0.2, 0) is 6.54 Å². The minimum atomic E-state index is 0.694. The lowest BCUT2D eigenvalue weighted by molar-refractivity contribution is 0.300. The average Bonchev–Trinajstić information content (AvgIpc) is 2.58. The highest BCUT2D eigenvalue weighted by molar-refractivity contribution is 5.79. The van der Waals surface area contributed by atoms with E-state index in [-0.39, 0.29) is 0 Å². The minimum absolute atomic E-state index is 0.694. The molecule has 0 aliphatic rings. The fourth-order valence-corrected chi connectivity index (χ4v) is 2.45. The molecular formula is C18H32N4O. The van der Waals surface area contributed by atoms with E-state index >= 15 is 0 Å². The van der Waals surface area contributed by atoms with E-state index in [1.807, 2.05) is 0 Å². The van der Waals surface area contributed by atoms with E-state index in [4.69, 9.17) is 4.74 Å². The maximum atomic E-state index is 5.44. The van der Waals surface area contributed by atoms with Gasteiger partial charge in [0, 0.05) is 25.7 Å². The van der Waals surface area contributed by atoms with Crippen LogP contribution < -0.4 is 15.4 Å². The lowest BCUT2D eigenvalue weighted by atomic mass is 10.1. The van der Waals surface area contributed by atoms with Gasteiger partial charge in [0.25, 0.3) is 0 Å². The molecule has 0 atom stereocenters. The number of hydrogen-bond acceptors (Lipinski definition) is 3. The molecule has 130 valence electrons. The number of rotatable bonds is 9. The Morgan fingerprint density at radius 2 is 1.96 bits per heavy atom. The molecule has 0 unspecified atom stereocenters. The first kappa shape index (κ1) is 19.3. The van der Waals surface area contributed by atoms with Gasteiger partial charge in [0.05, 0.1) is 7.11 Å². The Labute approximate surface area is 141 Å². The Kier molecular flexibility index (Phi) is 9.14. The molecule has 0 amide bonds. The van der Waals surface area contributed by atoms with Crippen molar-refractivity contribution >= 4 is 5.96 Å². The number of aliphatic imine (C=N–C) groups is 1. The number of nitrogens with one attached hydrogen (secondary N) is 2. The Hall–Kier alpha value is -1.75. The van der Waals surface area contributed by atoms with Crippen LogP contribution in [-0.4, -0.2) is 51.2 Å². The third-order valence-corrected chi connectivity index (χ3v) is 3.95. The molecule has 0 aliphatic carbocycles. The zero-order chi connectivity index (χ0) is 17.1. The van der Waals surface area contributed by atoms with Crippen LogP contribution >= 0.6 is 0 Å². The van der Waals surface area contributed by atoms with Gasteiger partial charge in [0.2, 0.25) is 0 Å². The van der Waals surface area contributed by atoms with Gasteiger partial charge in [-0.1, -0.05) is 26.0 Å². The molecule has 0 radical (unpaired) electrons. The highest BCUT2D eigenvalue weighted by Crippen LogP contribution is 2.19. The van der Waals surface area contributed by atoms with E-state index in [2.05, 4.69) is 59.5 Å². The molecule has 0 fully saturated rings. The van der Waals surface area contributed by atoms with Crippen molar-refractivity contribution in [1.29, 1.82) is 0 Å². The maximum absolute atomic E-state index is 5.44. The highest BCUT2D eigenvalue weighted by Gasteiger charge is 2.05. The zero-order valence-electron chi connectivity index (χ0n) is 15.3. The summed E-state index contributed by atoms with van der Waals surface area (Å²) < 4.78 is 5.44. The topological polar surface area (TPSA) is 48.9 Å². The summed E-state index contributed by atoms with van der Waals surface area (Å²) in [6.07, 6.45) is 1.11. The standard InChI is InChI=1S/C18H32N4O/c1-6-22(7-2)12-8-11-20-18(19-4)21-14-16-10-9-15(3)13-17(16)23-5/h9-10,13H,6-8,11-12,14H2,1-5H3,(H2,19,20,21). The first-order chi connectivity index (χ1) is 11.1. The highest BCUT2D eigenvalue weighted by atomic mass is 16.5. The Morgan fingerprint density at radius 1 is 1.22 bits per heavy atom. The molecule has 23 heavy (non-hydrogen) atoms. The van der Waals surface area contributed by atoms with Gasteiger partial charge in [-0.25, -0.2) is 0 Å². The fourth-order valence-electron chi connectivity index (χ4n) is 2.45. The van der Waals surface area contributed by atoms with E-state index in [0.717, 1.165) is 49.9 Å². The number of hydrogen-bond donors (Lipinski definition) is 2. The van der Waals surface area contributed by atoms with Crippen molar-refractivity contribution < 1.29 is 4.74 Å². The number of guanidine groups is 1. The smallest absolute Gasteiger partial charge is 0.191 e. The van der Waals surface area contributed by atoms with Crippen molar-refractivity contribution in [3.8, 4) is 5.75 Å². The lowest BCUT2D eigenvalue weighted by Crippen LogP contribution is -2.38. The first-order valence-corrected chi connectivity index (χ1v) is 8.44. The molecule has 1 rings (SSSR count). The number of aryl methyl sites for hydroxylation is 1. The number of nitrogens with zero attached hydrogens (tertiary/aromatic N) is 2. The lowest BCUT2D eigenvalue weighted by Gasteiger charge is -2.18. The van der Waals surface area contributed by atoms with Gasteiger partial charge >= 0.3 is 0 Å². The monoisotopic (exact) mass is 320 g/mol. The second-order valence-corrected chi connectivity index (χ2v) is 5.55. The van der Waals surface area contributed by atoms with Crippen LogP contribution in [0.5, 0.6) is 5.75 Å². The van der Waals surface area contributed by atoms with Gasteiger partial charge in [0.1, 0.15) is 5.75 Å². The number of ether oxygens (including phenoxy) is 1. The van der Waals surface area contributed by atoms with Crippen LogP contribution in [0.4, 0.5) is 0 Å². The average molecular weight is 320 g/mol. The molecule has 1 aromatic carbocycles. The van der Waals surface area contributed by atoms with E-state index in [1.54, 1.807) is 14.2 Å². The molecule has 0 aliphatic heterocycles. The Bertz CT molecular complexity index is 484. The third kappa shape index (κ3) is 6.91. The molecular weight excluding hydrogens is 288 g/mol. The molecule has 5 nitrogen and oxygen atoms in total. The van der Waals surface area contributed by atoms with Crippen molar-refractivity contribution in [3.05, 3.63) is 29.3 Å². The van der Waals surface area contributed by atoms with Gasteiger partial charge in [-0.3, -0.25) is 4.99 Å². The van der Waals surface area contributed by atoms with E-state index < -0.39 is 0 Å². The van der Waals surface area contributed by atoms with Crippen LogP contribution in [0.15, 0.2) is 23.2 Å². The van der Waals surface area contributed by atoms with Crippen molar-refractivity contribution in [2.75, 3.05) is 40.3 Å². The Balaban J connectivity index is 2.40. The predicted molar refractivity (Wildman–Crippen MR) is 98.3 cm³/mol. The van der Waals surface area contributed by atoms with Crippen LogP contribution in [0.3, 0.4) is 0 Å². The summed E-state index contributed by atoms with van der Waals surface area (Å²) in [5.74, 6) is 1.74. The molecule has 0 saturated heterocycles. The summed E-state index contributed by atoms with van der Waals surface area (Å²) in [7, 11) is 3.50. The Morgan fingerprint density at radius 3 is 2.57 bits per heavy atom. The first-order valence-electron chi connectivity index (χ1n) is 8.44. The molecule has 5 heteroatoms. The molecule has 2 N–H and O–H groups in total. The third-order valence-electron chi connectivity index (χ3n) is 3.95. The van der Waals surface area contributed by atoms with Crippen molar-refractivity contribution in [2.24, 2.45) is 4.99 Å². The van der Waals surface area contributed by atoms with Crippen molar-refractivity contribution in [3.63, 3.8) is 0 Å². The van der Waals surface area contributed by atoms with Crippen molar-refractivity contribution in [2.45, 2.75) is 33.7 Å². The van der Waals surface area contributed by atoms with Crippen LogP contribution in [0.2, 0.25) is 0 Å². The van der Waals surface area contributed by atoms with Gasteiger partial charge in [-0.2, -0.15) is 0 Å². The molecule has 0 aromatic heterocycles. The number of methoxy groups -OCH3 is 1. The van der Waals surface area contributed by atoms with Crippen LogP contribution in [0.25, 0.3) is 0 Å². The fraction of sp³-hybridized carbons (Fsp3) is 0.611. The van der Waals surface area contributed by atoms with E-state index in [0.29, 0.717) is 6.54 Å². The number of benzene rings is 1. The van der Waals surface area contributed by atoms with Gasteiger partial charge in [0.15, 0.2) is 5.96 Å². The molecule has 0 bridgehead atoms. The quantitative estimate of drug-likeness (QED) is 0.417. The molecule has 1 aromatic rings. The molecule has 0 heterocycles. The van der Waals surface area contributed by atoms with Crippen LogP contribution in [0, 0.1) is 6.92 Å². The summed E-state index contributed by atoms with van der Waals surface area (Å²) in [4.78, 5) is 6.70. The van der Waals surface area contributed by atoms with Crippen LogP contribution in [0.1, 0.15) is 31.4 Å². The predicted octanol–water partition coefficient (Wildman–Crippen LogP) is 2.40. The summed E-state index contributed by atoms with van der Waals surface area (Å²) >= 11 is 0. The SMILES string of the molecule is CCN(CC)CCCNC(=NC)NCc1ccc(C)cc1OC. The maximum Gasteiger partial charge on any atom is 0.191 e. The summed E-state index contributed by atoms with van der Waals surface area (Å²) in [6, 6.07) is 6.24. The summed E-state index contributed by atoms with van der Waals surface area (Å²) in [6.45, 7) is 11.4. The van der Waals surface area contributed by atoms with E-state index in [1.165, 1.54) is 5.56 Å². The molecule has 0 spiro atoms. The van der Waals surface area contributed by atoms with Crippen molar-refractivity contribution in [1.82, 2.24) is 15.5 Å². The normalized spacial score (nSPS) is 11.7. The largest absolute Gasteiger partial charge is 0.496 e. The second-order valence-electron chi connectivity index (χ2n) is 5.55. The minimum Gasteiger partial charge on any atom is -0.496 e. The summed E-state index contributed by atoms with van der Waals surface area (Å²) in [5.41, 5.74) is 2.33. The van der Waals surface area contributed by atoms with Gasteiger partial charge in [-0.05, 0) is 44.6 Å². The molecule has 0 saturated carbocycles. The van der Waals surface area contributed by atoms with E-state index in [9.17, 15) is 0 Å². The van der Waals surface area contributed by atoms with Gasteiger partial charge in [-0.15, -0.1) is 0 Å². The van der Waals surface area contributed by atoms with Gasteiger partial charge < -0.3 is 20.3 Å². The zero-order valence-corrected chi connectivity index (χ0v) is 15.3. The summed E-state index contributed by atoms with van der Waals surface area (Å²) in [5, 5.41) is 6.70. The second kappa shape index (κ2) is 10.9.